The molecule has 0 aliphatic heterocycles. The topological polar surface area (TPSA) is 45.0 Å². The maximum atomic E-state index is 13.5. The minimum absolute atomic E-state index is 0.205. The van der Waals surface area contributed by atoms with Gasteiger partial charge in [-0.25, -0.2) is 4.39 Å². The third kappa shape index (κ3) is 4.72. The highest BCUT2D eigenvalue weighted by atomic mass is 19.1. The van der Waals surface area contributed by atoms with E-state index in [0.29, 0.717) is 18.1 Å². The van der Waals surface area contributed by atoms with Gasteiger partial charge in [-0.1, -0.05) is 13.8 Å². The highest BCUT2D eigenvalue weighted by Crippen LogP contribution is 2.18. The van der Waals surface area contributed by atoms with Crippen LogP contribution in [0.3, 0.4) is 0 Å². The summed E-state index contributed by atoms with van der Waals surface area (Å²) in [6.45, 7) is 6.45. The second kappa shape index (κ2) is 7.67. The van der Waals surface area contributed by atoms with Gasteiger partial charge in [0.05, 0.1) is 18.2 Å². The minimum atomic E-state index is -0.484. The number of hydrogen-bond donors (Lipinski definition) is 1. The molecular formula is C14H19FN2O. The van der Waals surface area contributed by atoms with E-state index >= 15 is 0 Å². The Bertz CT molecular complexity index is 415. The molecular weight excluding hydrogens is 231 g/mol. The summed E-state index contributed by atoms with van der Waals surface area (Å²) in [4.78, 5) is 0. The second-order valence-electron chi connectivity index (χ2n) is 4.38. The lowest BCUT2D eigenvalue weighted by atomic mass is 10.2. The molecule has 0 heterocycles. The Labute approximate surface area is 108 Å². The SMILES string of the molecule is CCCNCC(C)COc1ccc(C#N)cc1F. The van der Waals surface area contributed by atoms with Crippen LogP contribution in [0.5, 0.6) is 5.75 Å². The zero-order valence-corrected chi connectivity index (χ0v) is 10.9. The van der Waals surface area contributed by atoms with Crippen molar-refractivity contribution in [3.8, 4) is 11.8 Å². The highest BCUT2D eigenvalue weighted by Gasteiger charge is 2.07. The summed E-state index contributed by atoms with van der Waals surface area (Å²) in [6, 6.07) is 6.13. The minimum Gasteiger partial charge on any atom is -0.490 e. The molecule has 18 heavy (non-hydrogen) atoms. The maximum absolute atomic E-state index is 13.5. The first kappa shape index (κ1) is 14.5. The average molecular weight is 250 g/mol. The van der Waals surface area contributed by atoms with Gasteiger partial charge >= 0.3 is 0 Å². The molecule has 0 amide bonds. The molecule has 0 saturated carbocycles. The quantitative estimate of drug-likeness (QED) is 0.757. The predicted octanol–water partition coefficient (Wildman–Crippen LogP) is 2.71. The molecule has 1 N–H and O–H groups in total. The summed E-state index contributed by atoms with van der Waals surface area (Å²) in [5.41, 5.74) is 0.303. The van der Waals surface area contributed by atoms with Crippen LogP contribution in [0.2, 0.25) is 0 Å². The Morgan fingerprint density at radius 3 is 2.89 bits per heavy atom. The fourth-order valence-corrected chi connectivity index (χ4v) is 1.50. The van der Waals surface area contributed by atoms with Crippen LogP contribution in [-0.4, -0.2) is 19.7 Å². The van der Waals surface area contributed by atoms with E-state index in [1.54, 1.807) is 6.07 Å². The highest BCUT2D eigenvalue weighted by molar-refractivity contribution is 5.35. The normalized spacial score (nSPS) is 11.9. The van der Waals surface area contributed by atoms with E-state index < -0.39 is 5.82 Å². The number of hydrogen-bond acceptors (Lipinski definition) is 3. The average Bonchev–Trinajstić information content (AvgIpc) is 2.37. The van der Waals surface area contributed by atoms with Gasteiger partial charge in [0.25, 0.3) is 0 Å². The third-order valence-electron chi connectivity index (χ3n) is 2.50. The Hall–Kier alpha value is -1.60. The molecule has 98 valence electrons. The molecule has 3 nitrogen and oxygen atoms in total. The van der Waals surface area contributed by atoms with Gasteiger partial charge in [-0.3, -0.25) is 0 Å². The van der Waals surface area contributed by atoms with Crippen molar-refractivity contribution in [2.45, 2.75) is 20.3 Å². The van der Waals surface area contributed by atoms with Crippen molar-refractivity contribution in [3.63, 3.8) is 0 Å². The molecule has 0 fully saturated rings. The van der Waals surface area contributed by atoms with Crippen molar-refractivity contribution < 1.29 is 9.13 Å². The molecule has 1 aromatic rings. The summed E-state index contributed by atoms with van der Waals surface area (Å²) in [6.07, 6.45) is 1.10. The van der Waals surface area contributed by atoms with Crippen molar-refractivity contribution in [3.05, 3.63) is 29.6 Å². The van der Waals surface area contributed by atoms with Crippen LogP contribution < -0.4 is 10.1 Å². The molecule has 0 aliphatic rings. The zero-order valence-electron chi connectivity index (χ0n) is 10.9. The van der Waals surface area contributed by atoms with Gasteiger partial charge in [0.2, 0.25) is 0 Å². The number of halogens is 1. The van der Waals surface area contributed by atoms with Gasteiger partial charge < -0.3 is 10.1 Å². The number of nitriles is 1. The number of rotatable bonds is 7. The van der Waals surface area contributed by atoms with Crippen molar-refractivity contribution in [2.24, 2.45) is 5.92 Å². The second-order valence-corrected chi connectivity index (χ2v) is 4.38. The van der Waals surface area contributed by atoms with Gasteiger partial charge in [-0.15, -0.1) is 0 Å². The summed E-state index contributed by atoms with van der Waals surface area (Å²) in [5.74, 6) is 0.0331. The largest absolute Gasteiger partial charge is 0.490 e. The predicted molar refractivity (Wildman–Crippen MR) is 68.9 cm³/mol. The van der Waals surface area contributed by atoms with E-state index in [1.807, 2.05) is 13.0 Å². The Kier molecular flexibility index (Phi) is 6.16. The number of nitrogens with zero attached hydrogens (tertiary/aromatic N) is 1. The number of benzene rings is 1. The first-order valence-corrected chi connectivity index (χ1v) is 6.20. The van der Waals surface area contributed by atoms with E-state index in [0.717, 1.165) is 19.5 Å². The Balaban J connectivity index is 2.41. The number of ether oxygens (including phenoxy) is 1. The summed E-state index contributed by atoms with van der Waals surface area (Å²) < 4.78 is 18.9. The van der Waals surface area contributed by atoms with Gasteiger partial charge in [0.15, 0.2) is 11.6 Å². The Morgan fingerprint density at radius 2 is 2.28 bits per heavy atom. The van der Waals surface area contributed by atoms with Crippen LogP contribution in [0.4, 0.5) is 4.39 Å². The van der Waals surface area contributed by atoms with Crippen molar-refractivity contribution >= 4 is 0 Å². The third-order valence-corrected chi connectivity index (χ3v) is 2.50. The van der Waals surface area contributed by atoms with Crippen LogP contribution in [0.1, 0.15) is 25.8 Å². The monoisotopic (exact) mass is 250 g/mol. The smallest absolute Gasteiger partial charge is 0.166 e. The zero-order chi connectivity index (χ0) is 13.4. The molecule has 4 heteroatoms. The van der Waals surface area contributed by atoms with Gasteiger partial charge in [-0.05, 0) is 31.2 Å². The van der Waals surface area contributed by atoms with Crippen LogP contribution in [0, 0.1) is 23.1 Å². The summed E-state index contributed by atoms with van der Waals surface area (Å²) >= 11 is 0. The maximum Gasteiger partial charge on any atom is 0.166 e. The van der Waals surface area contributed by atoms with E-state index in [-0.39, 0.29) is 5.75 Å². The van der Waals surface area contributed by atoms with Crippen LogP contribution in [0.25, 0.3) is 0 Å². The first-order chi connectivity index (χ1) is 8.67. The Morgan fingerprint density at radius 1 is 1.50 bits per heavy atom. The standard InChI is InChI=1S/C14H19FN2O/c1-3-6-17-9-11(2)10-18-14-5-4-12(8-16)7-13(14)15/h4-5,7,11,17H,3,6,9-10H2,1-2H3. The number of nitrogens with one attached hydrogen (secondary N) is 1. The van der Waals surface area contributed by atoms with E-state index in [9.17, 15) is 4.39 Å². The van der Waals surface area contributed by atoms with E-state index in [2.05, 4.69) is 12.2 Å². The molecule has 1 unspecified atom stereocenters. The molecule has 1 atom stereocenters. The van der Waals surface area contributed by atoms with Crippen LogP contribution >= 0.6 is 0 Å². The van der Waals surface area contributed by atoms with Crippen molar-refractivity contribution in [1.82, 2.24) is 5.32 Å². The van der Waals surface area contributed by atoms with E-state index in [4.69, 9.17) is 10.00 Å². The molecule has 0 spiro atoms. The molecule has 0 bridgehead atoms. The van der Waals surface area contributed by atoms with Crippen molar-refractivity contribution in [1.29, 1.82) is 5.26 Å². The first-order valence-electron chi connectivity index (χ1n) is 6.20. The fourth-order valence-electron chi connectivity index (χ4n) is 1.50. The van der Waals surface area contributed by atoms with Crippen LogP contribution in [0.15, 0.2) is 18.2 Å². The lowest BCUT2D eigenvalue weighted by Gasteiger charge is -2.14. The van der Waals surface area contributed by atoms with Gasteiger partial charge in [0.1, 0.15) is 0 Å². The van der Waals surface area contributed by atoms with Crippen LogP contribution in [-0.2, 0) is 0 Å². The molecule has 0 aliphatic carbocycles. The lowest BCUT2D eigenvalue weighted by Crippen LogP contribution is -2.25. The molecule has 0 aromatic heterocycles. The summed E-state index contributed by atoms with van der Waals surface area (Å²) in [7, 11) is 0. The van der Waals surface area contributed by atoms with Crippen molar-refractivity contribution in [2.75, 3.05) is 19.7 Å². The molecule has 1 rings (SSSR count). The fraction of sp³-hybridized carbons (Fsp3) is 0.500. The van der Waals surface area contributed by atoms with E-state index in [1.165, 1.54) is 12.1 Å². The molecule has 1 aromatic carbocycles. The summed E-state index contributed by atoms with van der Waals surface area (Å²) in [5, 5.41) is 11.9. The molecule has 0 saturated heterocycles. The molecule has 0 radical (unpaired) electrons. The van der Waals surface area contributed by atoms with Gasteiger partial charge in [-0.2, -0.15) is 5.26 Å². The lowest BCUT2D eigenvalue weighted by molar-refractivity contribution is 0.245. The van der Waals surface area contributed by atoms with Gasteiger partial charge in [0, 0.05) is 12.5 Å².